The minimum Gasteiger partial charge on any atom is -0.491 e. The molecule has 1 aromatic carbocycles. The van der Waals surface area contributed by atoms with Crippen LogP contribution in [0.25, 0.3) is 0 Å². The van der Waals surface area contributed by atoms with Gasteiger partial charge in [-0.3, -0.25) is 4.79 Å². The van der Waals surface area contributed by atoms with Crippen LogP contribution in [0.4, 0.5) is 0 Å². The van der Waals surface area contributed by atoms with Gasteiger partial charge in [0.2, 0.25) is 0 Å². The lowest BCUT2D eigenvalue weighted by Gasteiger charge is -2.14. The minimum absolute atomic E-state index is 0. The Kier molecular flexibility index (Phi) is 6.82. The van der Waals surface area contributed by atoms with Crippen LogP contribution in [0.3, 0.4) is 0 Å². The van der Waals surface area contributed by atoms with Crippen LogP contribution in [0.2, 0.25) is 0 Å². The third kappa shape index (κ3) is 4.69. The number of carbonyl (C=O) groups is 1. The summed E-state index contributed by atoms with van der Waals surface area (Å²) < 4.78 is 5.69. The fraction of sp³-hybridized carbons (Fsp3) is 0.533. The molecule has 1 amide bonds. The molecule has 20 heavy (non-hydrogen) atoms. The molecule has 0 spiro atoms. The van der Waals surface area contributed by atoms with E-state index in [1.54, 1.807) is 0 Å². The van der Waals surface area contributed by atoms with Crippen molar-refractivity contribution in [2.75, 3.05) is 13.1 Å². The summed E-state index contributed by atoms with van der Waals surface area (Å²) in [5.41, 5.74) is 0.684. The first-order valence-corrected chi connectivity index (χ1v) is 6.97. The van der Waals surface area contributed by atoms with Crippen molar-refractivity contribution in [1.29, 1.82) is 0 Å². The second-order valence-electron chi connectivity index (χ2n) is 5.02. The van der Waals surface area contributed by atoms with E-state index in [0.29, 0.717) is 5.56 Å². The van der Waals surface area contributed by atoms with Gasteiger partial charge in [0.15, 0.2) is 0 Å². The maximum atomic E-state index is 12.0. The molecule has 1 fully saturated rings. The van der Waals surface area contributed by atoms with Crippen molar-refractivity contribution in [3.05, 3.63) is 29.8 Å². The highest BCUT2D eigenvalue weighted by molar-refractivity contribution is 5.94. The normalized spacial score (nSPS) is 19.0. The summed E-state index contributed by atoms with van der Waals surface area (Å²) in [6.45, 7) is 5.96. The summed E-state index contributed by atoms with van der Waals surface area (Å²) in [6.07, 6.45) is 2.17. The minimum atomic E-state index is -0.0104. The molecule has 0 aromatic heterocycles. The number of carbonyl (C=O) groups excluding carboxylic acids is 1. The third-order valence-corrected chi connectivity index (χ3v) is 3.42. The monoisotopic (exact) mass is 298 g/mol. The van der Waals surface area contributed by atoms with Gasteiger partial charge >= 0.3 is 0 Å². The molecule has 0 bridgehead atoms. The smallest absolute Gasteiger partial charge is 0.251 e. The molecule has 2 N–H and O–H groups in total. The van der Waals surface area contributed by atoms with E-state index in [-0.39, 0.29) is 30.5 Å². The Labute approximate surface area is 126 Å². The molecular weight excluding hydrogens is 276 g/mol. The van der Waals surface area contributed by atoms with Gasteiger partial charge in [0.05, 0.1) is 6.10 Å². The molecular formula is C15H23ClN2O2. The van der Waals surface area contributed by atoms with Gasteiger partial charge in [-0.25, -0.2) is 0 Å². The van der Waals surface area contributed by atoms with Crippen molar-refractivity contribution in [3.8, 4) is 5.75 Å². The number of ether oxygens (including phenoxy) is 1. The molecule has 112 valence electrons. The molecule has 2 atom stereocenters. The molecule has 1 saturated heterocycles. The third-order valence-electron chi connectivity index (χ3n) is 3.42. The van der Waals surface area contributed by atoms with Crippen LogP contribution in [0.5, 0.6) is 5.75 Å². The topological polar surface area (TPSA) is 50.4 Å². The van der Waals surface area contributed by atoms with Gasteiger partial charge in [-0.15, -0.1) is 12.4 Å². The average molecular weight is 299 g/mol. The average Bonchev–Trinajstić information content (AvgIpc) is 2.92. The van der Waals surface area contributed by atoms with Crippen LogP contribution in [0.1, 0.15) is 37.0 Å². The summed E-state index contributed by atoms with van der Waals surface area (Å²) in [4.78, 5) is 12.0. The quantitative estimate of drug-likeness (QED) is 0.877. The maximum absolute atomic E-state index is 12.0. The Balaban J connectivity index is 0.00000200. The van der Waals surface area contributed by atoms with E-state index in [1.165, 1.54) is 0 Å². The van der Waals surface area contributed by atoms with E-state index in [4.69, 9.17) is 4.74 Å². The van der Waals surface area contributed by atoms with E-state index in [0.717, 1.165) is 31.7 Å². The highest BCUT2D eigenvalue weighted by Crippen LogP contribution is 2.15. The van der Waals surface area contributed by atoms with Gasteiger partial charge in [0.25, 0.3) is 5.91 Å². The van der Waals surface area contributed by atoms with Gasteiger partial charge < -0.3 is 15.4 Å². The van der Waals surface area contributed by atoms with Crippen LogP contribution in [0, 0.1) is 0 Å². The molecule has 2 unspecified atom stereocenters. The predicted octanol–water partition coefficient (Wildman–Crippen LogP) is 2.38. The standard InChI is InChI=1S/C15H22N2O2.ClH/c1-3-11(2)19-14-6-4-12(5-7-14)15(18)17-13-8-9-16-10-13;/h4-7,11,13,16H,3,8-10H2,1-2H3,(H,17,18);1H. The van der Waals surface area contributed by atoms with Gasteiger partial charge in [0, 0.05) is 18.2 Å². The molecule has 0 saturated carbocycles. The Bertz CT molecular complexity index is 416. The fourth-order valence-corrected chi connectivity index (χ4v) is 2.05. The molecule has 2 rings (SSSR count). The zero-order valence-corrected chi connectivity index (χ0v) is 12.8. The lowest BCUT2D eigenvalue weighted by atomic mass is 10.1. The predicted molar refractivity (Wildman–Crippen MR) is 82.8 cm³/mol. The zero-order valence-electron chi connectivity index (χ0n) is 12.0. The fourth-order valence-electron chi connectivity index (χ4n) is 2.05. The molecule has 1 aliphatic rings. The van der Waals surface area contributed by atoms with Gasteiger partial charge in [-0.1, -0.05) is 6.92 Å². The van der Waals surface area contributed by atoms with Crippen LogP contribution in [-0.2, 0) is 0 Å². The summed E-state index contributed by atoms with van der Waals surface area (Å²) in [6, 6.07) is 7.59. The van der Waals surface area contributed by atoms with Gasteiger partial charge in [-0.2, -0.15) is 0 Å². The molecule has 1 aromatic rings. The molecule has 5 heteroatoms. The molecule has 0 radical (unpaired) electrons. The summed E-state index contributed by atoms with van der Waals surface area (Å²) >= 11 is 0. The van der Waals surface area contributed by atoms with Crippen LogP contribution in [-0.4, -0.2) is 31.1 Å². The number of amides is 1. The first-order valence-electron chi connectivity index (χ1n) is 6.97. The summed E-state index contributed by atoms with van der Waals surface area (Å²) in [7, 11) is 0. The Hall–Kier alpha value is -1.26. The zero-order chi connectivity index (χ0) is 13.7. The number of halogens is 1. The second kappa shape index (κ2) is 8.12. The van der Waals surface area contributed by atoms with E-state index < -0.39 is 0 Å². The Morgan fingerprint density at radius 1 is 1.45 bits per heavy atom. The highest BCUT2D eigenvalue weighted by atomic mass is 35.5. The number of hydrogen-bond acceptors (Lipinski definition) is 3. The first kappa shape index (κ1) is 16.8. The van der Waals surface area contributed by atoms with Crippen molar-refractivity contribution in [3.63, 3.8) is 0 Å². The van der Waals surface area contributed by atoms with Crippen molar-refractivity contribution in [2.24, 2.45) is 0 Å². The summed E-state index contributed by atoms with van der Waals surface area (Å²) in [5.74, 6) is 0.803. The van der Waals surface area contributed by atoms with Crippen molar-refractivity contribution < 1.29 is 9.53 Å². The Morgan fingerprint density at radius 3 is 2.70 bits per heavy atom. The van der Waals surface area contributed by atoms with Crippen LogP contribution in [0.15, 0.2) is 24.3 Å². The molecule has 1 heterocycles. The van der Waals surface area contributed by atoms with Gasteiger partial charge in [-0.05, 0) is 50.6 Å². The SMILES string of the molecule is CCC(C)Oc1ccc(C(=O)NC2CCNC2)cc1.Cl. The number of nitrogens with one attached hydrogen (secondary N) is 2. The van der Waals surface area contributed by atoms with Crippen molar-refractivity contribution in [2.45, 2.75) is 38.8 Å². The number of rotatable bonds is 5. The largest absolute Gasteiger partial charge is 0.491 e. The van der Waals surface area contributed by atoms with E-state index in [9.17, 15) is 4.79 Å². The number of hydrogen-bond donors (Lipinski definition) is 2. The molecule has 4 nitrogen and oxygen atoms in total. The highest BCUT2D eigenvalue weighted by Gasteiger charge is 2.17. The molecule has 0 aliphatic carbocycles. The van der Waals surface area contributed by atoms with E-state index in [2.05, 4.69) is 17.6 Å². The van der Waals surface area contributed by atoms with Crippen LogP contribution < -0.4 is 15.4 Å². The number of benzene rings is 1. The van der Waals surface area contributed by atoms with E-state index >= 15 is 0 Å². The van der Waals surface area contributed by atoms with E-state index in [1.807, 2.05) is 31.2 Å². The Morgan fingerprint density at radius 2 is 2.15 bits per heavy atom. The van der Waals surface area contributed by atoms with Crippen LogP contribution >= 0.6 is 12.4 Å². The first-order chi connectivity index (χ1) is 9.19. The van der Waals surface area contributed by atoms with Gasteiger partial charge in [0.1, 0.15) is 5.75 Å². The van der Waals surface area contributed by atoms with Crippen molar-refractivity contribution >= 4 is 18.3 Å². The lowest BCUT2D eigenvalue weighted by molar-refractivity contribution is 0.0940. The summed E-state index contributed by atoms with van der Waals surface area (Å²) in [5, 5.41) is 6.26. The molecule has 1 aliphatic heterocycles. The van der Waals surface area contributed by atoms with Crippen molar-refractivity contribution in [1.82, 2.24) is 10.6 Å². The lowest BCUT2D eigenvalue weighted by Crippen LogP contribution is -2.36. The maximum Gasteiger partial charge on any atom is 0.251 e. The second-order valence-corrected chi connectivity index (χ2v) is 5.02.